The Hall–Kier alpha value is 0.0587. The van der Waals surface area contributed by atoms with Gasteiger partial charge in [0.15, 0.2) is 0 Å². The van der Waals surface area contributed by atoms with Crippen LogP contribution in [0.4, 0.5) is 43.9 Å². The molecule has 0 heterocycles. The van der Waals surface area contributed by atoms with Crippen molar-refractivity contribution in [2.45, 2.75) is 111 Å². The van der Waals surface area contributed by atoms with E-state index in [4.69, 9.17) is 4.74 Å². The summed E-state index contributed by atoms with van der Waals surface area (Å²) in [7, 11) is 0. The molecule has 0 bridgehead atoms. The molecule has 194 valence electrons. The summed E-state index contributed by atoms with van der Waals surface area (Å²) in [4.78, 5) is 0. The molecule has 0 unspecified atom stereocenters. The summed E-state index contributed by atoms with van der Waals surface area (Å²) in [5, 5.41) is 0. The maximum atomic E-state index is 12.9. The second-order valence-electron chi connectivity index (χ2n) is 7.50. The molecule has 0 aromatic rings. The molecule has 0 saturated heterocycles. The van der Waals surface area contributed by atoms with Crippen molar-refractivity contribution in [1.82, 2.24) is 0 Å². The molecule has 2 radical (unpaired) electrons. The minimum absolute atomic E-state index is 0.978. The number of rotatable bonds is 16. The summed E-state index contributed by atoms with van der Waals surface area (Å²) in [5.74, 6) is 0. The van der Waals surface area contributed by atoms with Crippen molar-refractivity contribution >= 4 is 21.1 Å². The molecule has 0 aromatic carbocycles. The molecule has 0 aliphatic rings. The van der Waals surface area contributed by atoms with E-state index in [-0.39, 0.29) is 0 Å². The van der Waals surface area contributed by atoms with Gasteiger partial charge in [0.2, 0.25) is 0 Å². The van der Waals surface area contributed by atoms with Gasteiger partial charge in [-0.3, -0.25) is 0 Å². The molecule has 0 rings (SSSR count). The van der Waals surface area contributed by atoms with Crippen LogP contribution in [-0.2, 0) is 4.74 Å². The Morgan fingerprint density at radius 3 is 1.12 bits per heavy atom. The average Bonchev–Trinajstić information content (AvgIpc) is 2.63. The van der Waals surface area contributed by atoms with Gasteiger partial charge >= 0.3 is 111 Å². The van der Waals surface area contributed by atoms with Gasteiger partial charge in [-0.05, 0) is 12.8 Å². The van der Waals surface area contributed by atoms with E-state index in [1.807, 2.05) is 0 Å². The van der Waals surface area contributed by atoms with E-state index in [9.17, 15) is 43.9 Å². The number of alkyl halides is 10. The Balaban J connectivity index is 0. The fourth-order valence-electron chi connectivity index (χ4n) is 2.35. The van der Waals surface area contributed by atoms with E-state index in [1.54, 1.807) is 0 Å². The number of unbranched alkanes of at least 4 members (excludes halogenated alkanes) is 6. The third-order valence-electron chi connectivity index (χ3n) is 4.10. The third kappa shape index (κ3) is 28.1. The van der Waals surface area contributed by atoms with Crippen LogP contribution in [0.2, 0.25) is 0 Å². The summed E-state index contributed by atoms with van der Waals surface area (Å²) in [6, 6.07) is 0. The molecule has 0 fully saturated rings. The topological polar surface area (TPSA) is 9.23 Å². The zero-order valence-electron chi connectivity index (χ0n) is 18.6. The van der Waals surface area contributed by atoms with Gasteiger partial charge in [0, 0.05) is 13.2 Å². The van der Waals surface area contributed by atoms with Gasteiger partial charge in [-0.2, -0.15) is 0 Å². The van der Waals surface area contributed by atoms with Crippen molar-refractivity contribution in [2.24, 2.45) is 0 Å². The standard InChI is InChI=1S/C12H26O.2C4H4F5.Sn/c1-3-5-7-9-11-13-12-10-8-6-4-2;2*5-3(6)1-2-4(7,8)9;/h3-12H2,1-2H3;2*1-2H2;. The number of hydrogen-bond donors (Lipinski definition) is 0. The van der Waals surface area contributed by atoms with Gasteiger partial charge in [0.1, 0.15) is 0 Å². The zero-order valence-corrected chi connectivity index (χ0v) is 21.4. The van der Waals surface area contributed by atoms with Gasteiger partial charge in [-0.1, -0.05) is 52.4 Å². The van der Waals surface area contributed by atoms with E-state index in [2.05, 4.69) is 13.8 Å². The fourth-order valence-corrected chi connectivity index (χ4v) is 5.31. The molecule has 0 N–H and O–H groups in total. The molecule has 0 atom stereocenters. The maximum absolute atomic E-state index is 12.9. The molecule has 0 aromatic heterocycles. The van der Waals surface area contributed by atoms with Crippen molar-refractivity contribution in [3.05, 3.63) is 0 Å². The van der Waals surface area contributed by atoms with Crippen molar-refractivity contribution in [1.29, 1.82) is 0 Å². The molecular weight excluding hydrogens is 565 g/mol. The van der Waals surface area contributed by atoms with Crippen LogP contribution < -0.4 is 0 Å². The molecule has 1 nitrogen and oxygen atoms in total. The Bertz CT molecular complexity index is 401. The van der Waals surface area contributed by atoms with Crippen LogP contribution in [0, 0.1) is 0 Å². The number of ether oxygens (including phenoxy) is 1. The predicted octanol–water partition coefficient (Wildman–Crippen LogP) is 8.72. The molecule has 0 spiro atoms. The summed E-state index contributed by atoms with van der Waals surface area (Å²) in [6.45, 7) is 6.44. The molecule has 0 saturated carbocycles. The quantitative estimate of drug-likeness (QED) is 0.0980. The molecule has 0 aliphatic heterocycles. The summed E-state index contributed by atoms with van der Waals surface area (Å²) in [5.41, 5.74) is 0. The van der Waals surface area contributed by atoms with Gasteiger partial charge in [-0.25, -0.2) is 0 Å². The second kappa shape index (κ2) is 17.5. The Kier molecular flexibility index (Phi) is 18.7. The van der Waals surface area contributed by atoms with Gasteiger partial charge in [-0.15, -0.1) is 0 Å². The van der Waals surface area contributed by atoms with Crippen LogP contribution in [-0.4, -0.2) is 54.6 Å². The van der Waals surface area contributed by atoms with Gasteiger partial charge in [0.25, 0.3) is 0 Å². The van der Waals surface area contributed by atoms with Crippen molar-refractivity contribution in [3.63, 3.8) is 0 Å². The summed E-state index contributed by atoms with van der Waals surface area (Å²) >= 11 is -4.05. The molecule has 0 aliphatic carbocycles. The summed E-state index contributed by atoms with van der Waals surface area (Å²) < 4.78 is 119. The number of halogens is 10. The van der Waals surface area contributed by atoms with Crippen LogP contribution in [0.15, 0.2) is 0 Å². The predicted molar refractivity (Wildman–Crippen MR) is 105 cm³/mol. The molecular formula is C20H34F10OSn. The fraction of sp³-hybridized carbons (Fsp3) is 1.00. The second-order valence-corrected chi connectivity index (χ2v) is 12.4. The van der Waals surface area contributed by atoms with E-state index in [0.29, 0.717) is 0 Å². The van der Waals surface area contributed by atoms with Crippen molar-refractivity contribution in [3.8, 4) is 0 Å². The van der Waals surface area contributed by atoms with Crippen LogP contribution in [0.5, 0.6) is 0 Å². The van der Waals surface area contributed by atoms with E-state index >= 15 is 0 Å². The van der Waals surface area contributed by atoms with Crippen LogP contribution in [0.25, 0.3) is 0 Å². The van der Waals surface area contributed by atoms with Crippen LogP contribution in [0.3, 0.4) is 0 Å². The van der Waals surface area contributed by atoms with Gasteiger partial charge in [0.05, 0.1) is 0 Å². The van der Waals surface area contributed by atoms with Gasteiger partial charge < -0.3 is 4.74 Å². The normalized spacial score (nSPS) is 13.1. The molecule has 32 heavy (non-hydrogen) atoms. The first-order valence-electron chi connectivity index (χ1n) is 10.8. The third-order valence-corrected chi connectivity index (χ3v) is 7.61. The van der Waals surface area contributed by atoms with E-state index < -0.39 is 67.1 Å². The molecule has 0 amide bonds. The first kappa shape index (κ1) is 34.2. The van der Waals surface area contributed by atoms with Crippen molar-refractivity contribution in [2.75, 3.05) is 13.2 Å². The SMILES string of the molecule is CCCCCCOCCCCCC.FC(F)(F)CC[C](F)(F)[Sn][C](F)(F)CCC(F)(F)F. The van der Waals surface area contributed by atoms with E-state index in [0.717, 1.165) is 13.2 Å². The Morgan fingerprint density at radius 1 is 0.500 bits per heavy atom. The Labute approximate surface area is 194 Å². The van der Waals surface area contributed by atoms with Crippen LogP contribution in [0.1, 0.15) is 90.9 Å². The zero-order chi connectivity index (χ0) is 25.3. The number of hydrogen-bond acceptors (Lipinski definition) is 1. The minimum atomic E-state index is -4.91. The van der Waals surface area contributed by atoms with E-state index in [1.165, 1.54) is 51.4 Å². The first-order chi connectivity index (χ1) is 14.5. The van der Waals surface area contributed by atoms with Crippen LogP contribution >= 0.6 is 0 Å². The van der Waals surface area contributed by atoms with Crippen molar-refractivity contribution < 1.29 is 48.6 Å². The first-order valence-corrected chi connectivity index (χ1v) is 13.6. The average molecular weight is 599 g/mol. The Morgan fingerprint density at radius 2 is 0.844 bits per heavy atom. The summed E-state index contributed by atoms with van der Waals surface area (Å²) in [6.07, 6.45) is -6.76. The monoisotopic (exact) mass is 600 g/mol. The molecule has 12 heteroatoms.